The Labute approximate surface area is 179 Å². The minimum Gasteiger partial charge on any atom is -0.388 e. The van der Waals surface area contributed by atoms with Crippen LogP contribution in [0.2, 0.25) is 0 Å². The van der Waals surface area contributed by atoms with Crippen LogP contribution in [0, 0.1) is 13.8 Å². The van der Waals surface area contributed by atoms with Gasteiger partial charge in [0.2, 0.25) is 0 Å². The third-order valence-corrected chi connectivity index (χ3v) is 4.76. The number of hydrogen-bond acceptors (Lipinski definition) is 4. The van der Waals surface area contributed by atoms with Crippen molar-refractivity contribution in [2.75, 3.05) is 17.7 Å². The first kappa shape index (κ1) is 22.8. The molecule has 2 rings (SSSR count). The molecule has 2 aromatic carbocycles. The number of carbonyl (C=O) groups excluding carboxylic acids is 1. The summed E-state index contributed by atoms with van der Waals surface area (Å²) in [5, 5.41) is 6.49. The number of aliphatic imine (C=N–C) groups is 2. The topological polar surface area (TPSA) is 65.8 Å². The average molecular weight is 403 g/mol. The van der Waals surface area contributed by atoms with E-state index in [1.807, 2.05) is 59.2 Å². The lowest BCUT2D eigenvalue weighted by atomic mass is 10.0. The highest BCUT2D eigenvalue weighted by Crippen LogP contribution is 2.21. The van der Waals surface area contributed by atoms with Crippen LogP contribution in [-0.2, 0) is 0 Å². The van der Waals surface area contributed by atoms with E-state index in [-0.39, 0.29) is 0 Å². The Morgan fingerprint density at radius 3 is 2.37 bits per heavy atom. The van der Waals surface area contributed by atoms with E-state index in [1.165, 1.54) is 5.56 Å². The van der Waals surface area contributed by atoms with E-state index < -0.39 is 0 Å². The lowest BCUT2D eigenvalue weighted by Crippen LogP contribution is -2.20. The number of aryl methyl sites for hydroxylation is 2. The summed E-state index contributed by atoms with van der Waals surface area (Å²) in [6.45, 7) is 9.87. The van der Waals surface area contributed by atoms with Gasteiger partial charge < -0.3 is 10.6 Å². The first-order valence-electron chi connectivity index (χ1n) is 9.91. The zero-order valence-electron chi connectivity index (χ0n) is 18.6. The second-order valence-electron chi connectivity index (χ2n) is 7.08. The molecule has 0 unspecified atom stereocenters. The summed E-state index contributed by atoms with van der Waals surface area (Å²) < 4.78 is 0. The fourth-order valence-electron chi connectivity index (χ4n) is 2.91. The molecule has 0 atom stereocenters. The second kappa shape index (κ2) is 10.9. The molecule has 0 bridgehead atoms. The molecule has 5 nitrogen and oxygen atoms in total. The molecule has 156 valence electrons. The zero-order valence-corrected chi connectivity index (χ0v) is 18.6. The minimum atomic E-state index is 0.650. The van der Waals surface area contributed by atoms with Gasteiger partial charge in [0.15, 0.2) is 5.84 Å². The van der Waals surface area contributed by atoms with Gasteiger partial charge in [-0.25, -0.2) is 4.99 Å². The molecule has 2 aromatic rings. The maximum atomic E-state index is 11.1. The molecule has 0 heterocycles. The van der Waals surface area contributed by atoms with Gasteiger partial charge in [0.25, 0.3) is 0 Å². The van der Waals surface area contributed by atoms with Gasteiger partial charge in [0.05, 0.1) is 5.71 Å². The van der Waals surface area contributed by atoms with E-state index in [0.717, 1.165) is 40.1 Å². The molecule has 0 radical (unpaired) electrons. The number of nitrogens with one attached hydrogen (secondary N) is 2. The molecule has 0 aliphatic heterocycles. The van der Waals surface area contributed by atoms with Gasteiger partial charge in [-0.3, -0.25) is 9.79 Å². The van der Waals surface area contributed by atoms with E-state index >= 15 is 0 Å². The maximum absolute atomic E-state index is 11.1. The van der Waals surface area contributed by atoms with Crippen molar-refractivity contribution in [2.45, 2.75) is 34.6 Å². The maximum Gasteiger partial charge on any atom is 0.151 e. The highest BCUT2D eigenvalue weighted by atomic mass is 16.1. The molecule has 0 saturated carbocycles. The highest BCUT2D eigenvalue weighted by Gasteiger charge is 2.06. The van der Waals surface area contributed by atoms with Crippen LogP contribution in [0.4, 0.5) is 11.4 Å². The fourth-order valence-corrected chi connectivity index (χ4v) is 2.91. The van der Waals surface area contributed by atoms with Crippen molar-refractivity contribution >= 4 is 34.8 Å². The molecule has 30 heavy (non-hydrogen) atoms. The first-order valence-corrected chi connectivity index (χ1v) is 9.91. The minimum absolute atomic E-state index is 0.650. The Balaban J connectivity index is 2.29. The Hall–Kier alpha value is -3.47. The first-order chi connectivity index (χ1) is 14.4. The van der Waals surface area contributed by atoms with E-state index in [1.54, 1.807) is 12.3 Å². The van der Waals surface area contributed by atoms with Crippen LogP contribution in [0.1, 0.15) is 47.8 Å². The molecular weight excluding hydrogens is 372 g/mol. The van der Waals surface area contributed by atoms with Crippen LogP contribution in [0.15, 0.2) is 64.9 Å². The van der Waals surface area contributed by atoms with Crippen molar-refractivity contribution in [3.8, 4) is 0 Å². The quantitative estimate of drug-likeness (QED) is 0.338. The molecule has 0 fully saturated rings. The Bertz CT molecular complexity index is 1030. The monoisotopic (exact) mass is 402 g/mol. The summed E-state index contributed by atoms with van der Waals surface area (Å²) in [4.78, 5) is 20.2. The van der Waals surface area contributed by atoms with Crippen molar-refractivity contribution < 1.29 is 4.79 Å². The predicted octanol–water partition coefficient (Wildman–Crippen LogP) is 6.02. The summed E-state index contributed by atoms with van der Waals surface area (Å²) in [6, 6.07) is 11.9. The largest absolute Gasteiger partial charge is 0.388 e. The van der Waals surface area contributed by atoms with Gasteiger partial charge in [-0.2, -0.15) is 0 Å². The molecule has 0 aliphatic carbocycles. The van der Waals surface area contributed by atoms with Crippen molar-refractivity contribution in [3.05, 3.63) is 77.1 Å². The number of anilines is 2. The van der Waals surface area contributed by atoms with Crippen LogP contribution in [-0.4, -0.2) is 24.9 Å². The van der Waals surface area contributed by atoms with Crippen molar-refractivity contribution in [2.24, 2.45) is 9.98 Å². The van der Waals surface area contributed by atoms with E-state index in [4.69, 9.17) is 0 Å². The predicted molar refractivity (Wildman–Crippen MR) is 130 cm³/mol. The number of allylic oxidation sites excluding steroid dienone is 2. The van der Waals surface area contributed by atoms with E-state index in [0.29, 0.717) is 11.4 Å². The molecule has 0 saturated heterocycles. The van der Waals surface area contributed by atoms with Gasteiger partial charge in [-0.15, -0.1) is 0 Å². The van der Waals surface area contributed by atoms with Crippen LogP contribution < -0.4 is 10.6 Å². The third kappa shape index (κ3) is 6.01. The number of hydrogen-bond donors (Lipinski definition) is 2. The molecule has 0 aliphatic rings. The molecule has 2 N–H and O–H groups in total. The zero-order chi connectivity index (χ0) is 22.1. The number of carbonyl (C=O) groups is 1. The van der Waals surface area contributed by atoms with Gasteiger partial charge >= 0.3 is 0 Å². The summed E-state index contributed by atoms with van der Waals surface area (Å²) >= 11 is 0. The SMILES string of the molecule is C/C=C\N=C(Nc1ccc(C=O)c(C)c1)C(C)=N/C=C(\C)c1ccc(NC)c(C)c1. The van der Waals surface area contributed by atoms with E-state index in [9.17, 15) is 4.79 Å². The molecular formula is C25H30N4O. The number of benzene rings is 2. The normalized spacial score (nSPS) is 12.9. The Morgan fingerprint density at radius 2 is 1.77 bits per heavy atom. The lowest BCUT2D eigenvalue weighted by Gasteiger charge is -2.11. The Kier molecular flexibility index (Phi) is 8.29. The standard InChI is InChI=1S/C25H30N4O/c1-7-12-27-25(29-23-10-8-22(16-30)17(2)14-23)20(5)28-15-19(4)21-9-11-24(26-6)18(3)13-21/h7-16,26H,1-6H3,(H,27,29)/b12-7-,19-15+,28-20?. The summed E-state index contributed by atoms with van der Waals surface area (Å²) in [6.07, 6.45) is 6.31. The second-order valence-corrected chi connectivity index (χ2v) is 7.08. The number of aldehydes is 1. The van der Waals surface area contributed by atoms with Crippen LogP contribution in [0.3, 0.4) is 0 Å². The fraction of sp³-hybridized carbons (Fsp3) is 0.240. The van der Waals surface area contributed by atoms with Crippen LogP contribution in [0.25, 0.3) is 5.57 Å². The summed E-state index contributed by atoms with van der Waals surface area (Å²) in [5.41, 5.74) is 7.70. The molecule has 0 aromatic heterocycles. The van der Waals surface area contributed by atoms with Gasteiger partial charge in [0.1, 0.15) is 6.29 Å². The van der Waals surface area contributed by atoms with Crippen LogP contribution >= 0.6 is 0 Å². The van der Waals surface area contributed by atoms with Crippen molar-refractivity contribution in [1.82, 2.24) is 0 Å². The summed E-state index contributed by atoms with van der Waals surface area (Å²) in [5.74, 6) is 0.650. The molecule has 0 amide bonds. The van der Waals surface area contributed by atoms with E-state index in [2.05, 4.69) is 45.7 Å². The van der Waals surface area contributed by atoms with Crippen molar-refractivity contribution in [3.63, 3.8) is 0 Å². The van der Waals surface area contributed by atoms with Gasteiger partial charge in [-0.05, 0) is 87.2 Å². The van der Waals surface area contributed by atoms with Gasteiger partial charge in [0, 0.05) is 36.4 Å². The molecule has 0 spiro atoms. The highest BCUT2D eigenvalue weighted by molar-refractivity contribution is 6.45. The smallest absolute Gasteiger partial charge is 0.151 e. The lowest BCUT2D eigenvalue weighted by molar-refractivity contribution is 0.112. The number of amidine groups is 1. The van der Waals surface area contributed by atoms with Gasteiger partial charge in [-0.1, -0.05) is 12.1 Å². The average Bonchev–Trinajstić information content (AvgIpc) is 2.74. The number of nitrogens with zero attached hydrogens (tertiary/aromatic N) is 2. The number of rotatable bonds is 7. The Morgan fingerprint density at radius 1 is 1.00 bits per heavy atom. The van der Waals surface area contributed by atoms with Crippen LogP contribution in [0.5, 0.6) is 0 Å². The molecule has 5 heteroatoms. The third-order valence-electron chi connectivity index (χ3n) is 4.76. The van der Waals surface area contributed by atoms with Crippen molar-refractivity contribution in [1.29, 1.82) is 0 Å². The summed E-state index contributed by atoms with van der Waals surface area (Å²) in [7, 11) is 1.92.